The van der Waals surface area contributed by atoms with Gasteiger partial charge < -0.3 is 37.9 Å². The number of carboxylic acid groups (broad SMARTS) is 1. The molecule has 1 aliphatic carbocycles. The first-order chi connectivity index (χ1) is 34.0. The Morgan fingerprint density at radius 2 is 1.32 bits per heavy atom. The fourth-order valence-corrected chi connectivity index (χ4v) is 12.1. The van der Waals surface area contributed by atoms with E-state index in [-0.39, 0.29) is 168 Å². The number of anilines is 2. The molecule has 0 unspecified atom stereocenters. The van der Waals surface area contributed by atoms with Gasteiger partial charge in [0, 0.05) is 89.5 Å². The van der Waals surface area contributed by atoms with Crippen molar-refractivity contribution in [3.05, 3.63) is 124 Å². The molecule has 0 N–H and O–H groups in total. The first kappa shape index (κ1) is 72.0. The van der Waals surface area contributed by atoms with Crippen molar-refractivity contribution < 1.29 is 189 Å². The second kappa shape index (κ2) is 30.0. The predicted octanol–water partition coefficient (Wildman–Crippen LogP) is -6.15. The number of hydrogen-bond donors (Lipinski definition) is 0. The van der Waals surface area contributed by atoms with E-state index in [1.165, 1.54) is 24.3 Å². The number of unbranched alkanes of at least 4 members (excludes halogenated alkanes) is 2. The summed E-state index contributed by atoms with van der Waals surface area (Å²) in [6, 6.07) is 15.8. The molecule has 3 aromatic rings. The van der Waals surface area contributed by atoms with Gasteiger partial charge in [0.1, 0.15) is 22.5 Å². The van der Waals surface area contributed by atoms with Gasteiger partial charge >= 0.3 is 118 Å². The average Bonchev–Trinajstić information content (AvgIpc) is 3.62. The van der Waals surface area contributed by atoms with Crippen LogP contribution in [-0.2, 0) is 56.1 Å². The quantitative estimate of drug-likeness (QED) is 0.0349. The van der Waals surface area contributed by atoms with E-state index < -0.39 is 80.3 Å². The Morgan fingerprint density at radius 1 is 0.701 bits per heavy atom. The van der Waals surface area contributed by atoms with E-state index in [2.05, 4.69) is 0 Å². The maximum atomic E-state index is 15.2. The number of carbonyl (C=O) groups is 1. The molecule has 0 spiro atoms. The summed E-state index contributed by atoms with van der Waals surface area (Å²) in [4.78, 5) is 14.5. The number of allylic oxidation sites excluding steroid dienone is 8. The van der Waals surface area contributed by atoms with Gasteiger partial charge in [-0.05, 0) is 142 Å². The molecule has 2 heterocycles. The molecule has 2 aliphatic heterocycles. The molecular weight excluding hydrogens is 1120 g/mol. The Kier molecular flexibility index (Phi) is 28.0. The first-order valence-corrected chi connectivity index (χ1v) is 30.1. The second-order valence-corrected chi connectivity index (χ2v) is 25.6. The van der Waals surface area contributed by atoms with Crippen molar-refractivity contribution in [2.45, 2.75) is 108 Å². The van der Waals surface area contributed by atoms with Crippen LogP contribution in [0.2, 0.25) is 0 Å². The van der Waals surface area contributed by atoms with Crippen LogP contribution in [0, 0.1) is 5.82 Å². The van der Waals surface area contributed by atoms with E-state index in [4.69, 9.17) is 0 Å². The number of hydrogen-bond acceptors (Lipinski definition) is 16. The Labute approximate surface area is 542 Å². The maximum Gasteiger partial charge on any atom is 1.00 e. The monoisotopic (exact) mass is 1180 g/mol. The normalized spacial score (nSPS) is 17.1. The van der Waals surface area contributed by atoms with Crippen LogP contribution in [0.1, 0.15) is 109 Å². The zero-order chi connectivity index (χ0) is 53.7. The van der Waals surface area contributed by atoms with Crippen LogP contribution in [0.3, 0.4) is 0 Å². The fourth-order valence-electron chi connectivity index (χ4n) is 10.1. The molecule has 0 bridgehead atoms. The molecule has 398 valence electrons. The Morgan fingerprint density at radius 3 is 1.91 bits per heavy atom. The average molecular weight is 1180 g/mol. The third-order valence-electron chi connectivity index (χ3n) is 13.6. The molecule has 0 radical (unpaired) electrons. The number of benzene rings is 3. The zero-order valence-electron chi connectivity index (χ0n) is 45.2. The van der Waals surface area contributed by atoms with Crippen LogP contribution in [0.15, 0.2) is 107 Å². The summed E-state index contributed by atoms with van der Waals surface area (Å²) >= 11 is 0. The molecule has 3 aliphatic rings. The van der Waals surface area contributed by atoms with Crippen molar-refractivity contribution in [3.8, 4) is 0 Å². The van der Waals surface area contributed by atoms with E-state index >= 15 is 4.39 Å². The predicted molar refractivity (Wildman–Crippen MR) is 270 cm³/mol. The van der Waals surface area contributed by atoms with E-state index in [0.29, 0.717) is 79.0 Å². The molecule has 0 aromatic heterocycles. The van der Waals surface area contributed by atoms with Crippen LogP contribution in [0.5, 0.6) is 0 Å². The van der Waals surface area contributed by atoms with Gasteiger partial charge in [0.15, 0.2) is 5.71 Å². The van der Waals surface area contributed by atoms with Gasteiger partial charge in [0.05, 0.1) is 40.7 Å². The van der Waals surface area contributed by atoms with E-state index in [1.807, 2.05) is 73.6 Å². The molecule has 0 amide bonds. The summed E-state index contributed by atoms with van der Waals surface area (Å²) in [5.74, 6) is -3.57. The Hall–Kier alpha value is -1.07. The maximum absolute atomic E-state index is 15.2. The largest absolute Gasteiger partial charge is 1.00 e. The SMILES string of the molecule is CC1(C)C(/C=C/C2=C(c3cccc(F)c3)C(=C/C=C3/N(CCCCCC(=O)[O-])c4ccc(S(=O)(=O)[O-])cc4C3(C)C)/CCC2)=[N+](CCCS(=O)(=O)[O-])c2ccc(N(CCCS(=O)(=O)[O-])CCCS(=O)(=O)[O-])cc21.[Na+].[Na+].[Na+].[Na+]. The third kappa shape index (κ3) is 19.8. The number of carboxylic acids is 1. The summed E-state index contributed by atoms with van der Waals surface area (Å²) in [6.07, 6.45) is 10.9. The topological polar surface area (TPSA) is 278 Å². The summed E-state index contributed by atoms with van der Waals surface area (Å²) in [6.45, 7) is 8.41. The van der Waals surface area contributed by atoms with Crippen molar-refractivity contribution in [3.63, 3.8) is 0 Å². The van der Waals surface area contributed by atoms with E-state index in [1.54, 1.807) is 29.2 Å². The smallest absolute Gasteiger partial charge is 0.748 e. The van der Waals surface area contributed by atoms with Gasteiger partial charge in [-0.1, -0.05) is 44.6 Å². The molecule has 0 atom stereocenters. The van der Waals surface area contributed by atoms with Crippen molar-refractivity contribution in [2.75, 3.05) is 53.2 Å². The summed E-state index contributed by atoms with van der Waals surface area (Å²) in [5.41, 5.74) is 6.27. The van der Waals surface area contributed by atoms with Gasteiger partial charge in [0.25, 0.3) is 0 Å². The minimum atomic E-state index is -4.79. The second-order valence-electron chi connectivity index (χ2n) is 19.6. The van der Waals surface area contributed by atoms with Crippen LogP contribution in [0.4, 0.5) is 21.5 Å². The minimum absolute atomic E-state index is 0. The Balaban J connectivity index is 0.00000507. The molecular formula is C51H60FN3Na4O14S4. The van der Waals surface area contributed by atoms with Crippen molar-refractivity contribution in [2.24, 2.45) is 0 Å². The summed E-state index contributed by atoms with van der Waals surface area (Å²) < 4.78 is 158. The van der Waals surface area contributed by atoms with Gasteiger partial charge in [-0.2, -0.15) is 4.58 Å². The first-order valence-electron chi connectivity index (χ1n) is 24.0. The van der Waals surface area contributed by atoms with Gasteiger partial charge in [-0.15, -0.1) is 0 Å². The number of halogens is 1. The summed E-state index contributed by atoms with van der Waals surface area (Å²) in [7, 11) is -18.5. The fraction of sp³-hybridized carbons (Fsp3) is 0.451. The molecule has 3 aromatic carbocycles. The standard InChI is InChI=1S/C51H64FN3O14S4.4Na/c1-50(2)42-34-40(53(26-10-30-70(58,59)60)27-11-31-71(61,62)63)20-22-44(42)55(29-12-32-72(64,65)66)46(50)24-18-36-13-8-14-37(49(36)38-15-9-16-39(52)33-38)19-25-47-51(3,4)43-35-41(73(67,68)69)21-23-45(43)54(47)28-7-5-6-17-48(56)57;;;;/h9,15-16,18-25,33-35H,5-8,10-14,17,26-32H2,1-4H3,(H4-,56,57,58,59,60,61,62,63,64,65,66,67,68,69);;;;/q;4*+1/p-4. The number of carbonyl (C=O) groups excluding carboxylic acids is 1. The van der Waals surface area contributed by atoms with Crippen LogP contribution in [0.25, 0.3) is 5.57 Å². The van der Waals surface area contributed by atoms with Crippen LogP contribution >= 0.6 is 0 Å². The number of aliphatic carboxylic acids is 1. The number of fused-ring (bicyclic) bond motifs is 2. The number of nitrogens with zero attached hydrogens (tertiary/aromatic N) is 3. The molecule has 0 fully saturated rings. The molecule has 77 heavy (non-hydrogen) atoms. The van der Waals surface area contributed by atoms with E-state index in [0.717, 1.165) is 28.0 Å². The van der Waals surface area contributed by atoms with Gasteiger partial charge in [0.2, 0.25) is 5.69 Å². The Bertz CT molecular complexity index is 3220. The van der Waals surface area contributed by atoms with Gasteiger partial charge in [-0.25, -0.2) is 38.1 Å². The van der Waals surface area contributed by atoms with Crippen molar-refractivity contribution >= 4 is 74.8 Å². The van der Waals surface area contributed by atoms with E-state index in [9.17, 15) is 61.8 Å². The number of rotatable bonds is 24. The molecule has 0 saturated carbocycles. The van der Waals surface area contributed by atoms with Crippen molar-refractivity contribution in [1.29, 1.82) is 0 Å². The van der Waals surface area contributed by atoms with Gasteiger partial charge in [-0.3, -0.25) is 0 Å². The van der Waals surface area contributed by atoms with Crippen molar-refractivity contribution in [1.82, 2.24) is 0 Å². The third-order valence-corrected chi connectivity index (χ3v) is 16.8. The molecule has 26 heteroatoms. The van der Waals surface area contributed by atoms with Crippen LogP contribution in [-0.4, -0.2) is 112 Å². The molecule has 0 saturated heterocycles. The zero-order valence-corrected chi connectivity index (χ0v) is 56.4. The molecule has 17 nitrogen and oxygen atoms in total. The van der Waals surface area contributed by atoms with Crippen LogP contribution < -0.4 is 133 Å². The molecule has 6 rings (SSSR count). The minimum Gasteiger partial charge on any atom is -0.748 e. The summed E-state index contributed by atoms with van der Waals surface area (Å²) in [5, 5.41) is 11.1.